The zero-order valence-electron chi connectivity index (χ0n) is 16.6. The maximum atomic E-state index is 12.5. The van der Waals surface area contributed by atoms with Crippen molar-refractivity contribution in [3.8, 4) is 0 Å². The van der Waals surface area contributed by atoms with Crippen molar-refractivity contribution >= 4 is 11.9 Å². The molecule has 2 aromatic carbocycles. The highest BCUT2D eigenvalue weighted by Gasteiger charge is 2.56. The van der Waals surface area contributed by atoms with Gasteiger partial charge in [0.1, 0.15) is 12.5 Å². The Morgan fingerprint density at radius 2 is 1.24 bits per heavy atom. The molecule has 1 aliphatic rings. The smallest absolute Gasteiger partial charge is 0.452 e. The van der Waals surface area contributed by atoms with E-state index in [-0.39, 0.29) is 13.2 Å². The highest BCUT2D eigenvalue weighted by atomic mass is 16.8. The summed E-state index contributed by atoms with van der Waals surface area (Å²) in [6.07, 6.45) is 3.28. The molecular weight excluding hydrogens is 372 g/mol. The Labute approximate surface area is 170 Å². The largest absolute Gasteiger partial charge is 0.459 e. The fraction of sp³-hybridized carbons (Fsp3) is 0.304. The van der Waals surface area contributed by atoms with Crippen LogP contribution < -0.4 is 0 Å². The molecule has 29 heavy (non-hydrogen) atoms. The molecule has 0 amide bonds. The third-order valence-corrected chi connectivity index (χ3v) is 4.47. The molecule has 0 saturated heterocycles. The molecule has 1 heterocycles. The summed E-state index contributed by atoms with van der Waals surface area (Å²) in [5.41, 5.74) is 4.29. The average molecular weight is 396 g/mol. The predicted molar refractivity (Wildman–Crippen MR) is 106 cm³/mol. The lowest BCUT2D eigenvalue weighted by Gasteiger charge is -2.23. The Morgan fingerprint density at radius 3 is 1.66 bits per heavy atom. The van der Waals surface area contributed by atoms with Gasteiger partial charge in [-0.3, -0.25) is 0 Å². The summed E-state index contributed by atoms with van der Waals surface area (Å²) in [7, 11) is 0. The van der Waals surface area contributed by atoms with Crippen molar-refractivity contribution in [1.82, 2.24) is 0 Å². The summed E-state index contributed by atoms with van der Waals surface area (Å²) >= 11 is 0. The van der Waals surface area contributed by atoms with Gasteiger partial charge in [0, 0.05) is 12.8 Å². The maximum Gasteiger partial charge on any atom is 0.452 e. The van der Waals surface area contributed by atoms with Gasteiger partial charge in [-0.1, -0.05) is 59.7 Å². The van der Waals surface area contributed by atoms with E-state index in [4.69, 9.17) is 18.9 Å². The Morgan fingerprint density at radius 1 is 0.793 bits per heavy atom. The number of carbonyl (C=O) groups is 2. The standard InChI is InChI=1S/C23H24O6/c1-17-5-3-7-19(15-17)9-11-26-21(24)23(28-13-14-29-23)22(25)27-12-10-20-8-4-6-18(2)16-20/h3-8,13-16H,9-12H2,1-2H3. The summed E-state index contributed by atoms with van der Waals surface area (Å²) in [5, 5.41) is 0. The van der Waals surface area contributed by atoms with Gasteiger partial charge in [0.05, 0.1) is 13.2 Å². The van der Waals surface area contributed by atoms with Crippen LogP contribution in [0.2, 0.25) is 0 Å². The van der Waals surface area contributed by atoms with Crippen LogP contribution in [0.3, 0.4) is 0 Å². The Balaban J connectivity index is 1.53. The van der Waals surface area contributed by atoms with Crippen LogP contribution in [-0.2, 0) is 41.4 Å². The van der Waals surface area contributed by atoms with Gasteiger partial charge in [0.2, 0.25) is 0 Å². The second kappa shape index (κ2) is 9.28. The van der Waals surface area contributed by atoms with Crippen LogP contribution in [0.5, 0.6) is 0 Å². The first-order valence-electron chi connectivity index (χ1n) is 9.46. The lowest BCUT2D eigenvalue weighted by atomic mass is 10.1. The van der Waals surface area contributed by atoms with Crippen molar-refractivity contribution in [3.63, 3.8) is 0 Å². The fourth-order valence-electron chi connectivity index (χ4n) is 3.00. The van der Waals surface area contributed by atoms with Gasteiger partial charge >= 0.3 is 17.7 Å². The molecule has 1 aliphatic heterocycles. The Kier molecular flexibility index (Phi) is 6.54. The molecule has 0 spiro atoms. The number of benzene rings is 2. The van der Waals surface area contributed by atoms with Gasteiger partial charge in [-0.05, 0) is 25.0 Å². The molecule has 0 unspecified atom stereocenters. The molecule has 6 nitrogen and oxygen atoms in total. The quantitative estimate of drug-likeness (QED) is 0.503. The van der Waals surface area contributed by atoms with Crippen LogP contribution in [0.15, 0.2) is 61.1 Å². The minimum absolute atomic E-state index is 0.0906. The minimum atomic E-state index is -2.24. The van der Waals surface area contributed by atoms with Crippen molar-refractivity contribution < 1.29 is 28.5 Å². The molecule has 152 valence electrons. The number of hydrogen-bond acceptors (Lipinski definition) is 6. The molecule has 0 atom stereocenters. The van der Waals surface area contributed by atoms with E-state index in [1.807, 2.05) is 62.4 Å². The van der Waals surface area contributed by atoms with E-state index < -0.39 is 17.7 Å². The van der Waals surface area contributed by atoms with E-state index in [2.05, 4.69) is 0 Å². The average Bonchev–Trinajstić information content (AvgIpc) is 3.19. The van der Waals surface area contributed by atoms with E-state index >= 15 is 0 Å². The molecule has 0 saturated carbocycles. The van der Waals surface area contributed by atoms with Crippen LogP contribution in [0.1, 0.15) is 22.3 Å². The van der Waals surface area contributed by atoms with Gasteiger partial charge in [-0.2, -0.15) is 0 Å². The van der Waals surface area contributed by atoms with Crippen LogP contribution in [-0.4, -0.2) is 30.9 Å². The maximum absolute atomic E-state index is 12.5. The van der Waals surface area contributed by atoms with Gasteiger partial charge < -0.3 is 18.9 Å². The number of ether oxygens (including phenoxy) is 4. The van der Waals surface area contributed by atoms with Crippen molar-refractivity contribution in [2.75, 3.05) is 13.2 Å². The third kappa shape index (κ3) is 5.16. The number of aryl methyl sites for hydroxylation is 2. The first-order chi connectivity index (χ1) is 14.0. The summed E-state index contributed by atoms with van der Waals surface area (Å²) < 4.78 is 20.8. The Bertz CT molecular complexity index is 828. The number of hydrogen-bond donors (Lipinski definition) is 0. The van der Waals surface area contributed by atoms with Crippen LogP contribution >= 0.6 is 0 Å². The molecule has 0 N–H and O–H groups in total. The van der Waals surface area contributed by atoms with Crippen molar-refractivity contribution in [1.29, 1.82) is 0 Å². The van der Waals surface area contributed by atoms with E-state index in [1.54, 1.807) is 0 Å². The predicted octanol–water partition coefficient (Wildman–Crippen LogP) is 3.39. The lowest BCUT2D eigenvalue weighted by Crippen LogP contribution is -2.50. The monoisotopic (exact) mass is 396 g/mol. The van der Waals surface area contributed by atoms with Crippen LogP contribution in [0.4, 0.5) is 0 Å². The van der Waals surface area contributed by atoms with Gasteiger partial charge in [-0.15, -0.1) is 0 Å². The van der Waals surface area contributed by atoms with Gasteiger partial charge in [-0.25, -0.2) is 9.59 Å². The first-order valence-corrected chi connectivity index (χ1v) is 9.46. The third-order valence-electron chi connectivity index (χ3n) is 4.47. The van der Waals surface area contributed by atoms with Gasteiger partial charge in [0.15, 0.2) is 0 Å². The molecule has 6 heteroatoms. The summed E-state index contributed by atoms with van der Waals surface area (Å²) in [4.78, 5) is 25.1. The van der Waals surface area contributed by atoms with Crippen molar-refractivity contribution in [2.24, 2.45) is 0 Å². The summed E-state index contributed by atoms with van der Waals surface area (Å²) in [6, 6.07) is 15.8. The zero-order chi connectivity index (χ0) is 20.7. The molecule has 0 aliphatic carbocycles. The first kappa shape index (κ1) is 20.5. The highest BCUT2D eigenvalue weighted by Crippen LogP contribution is 2.24. The van der Waals surface area contributed by atoms with E-state index in [9.17, 15) is 9.59 Å². The molecule has 0 fully saturated rings. The number of rotatable bonds is 8. The molecule has 2 aromatic rings. The van der Waals surface area contributed by atoms with E-state index in [0.29, 0.717) is 12.8 Å². The number of esters is 2. The summed E-state index contributed by atoms with van der Waals surface area (Å²) in [5.74, 6) is -4.11. The molecule has 3 rings (SSSR count). The fourth-order valence-corrected chi connectivity index (χ4v) is 3.00. The lowest BCUT2D eigenvalue weighted by molar-refractivity contribution is -0.217. The molecular formula is C23H24O6. The van der Waals surface area contributed by atoms with Crippen LogP contribution in [0.25, 0.3) is 0 Å². The van der Waals surface area contributed by atoms with Crippen LogP contribution in [0, 0.1) is 13.8 Å². The second-order valence-corrected chi connectivity index (χ2v) is 6.87. The van der Waals surface area contributed by atoms with E-state index in [1.165, 1.54) is 0 Å². The summed E-state index contributed by atoms with van der Waals surface area (Å²) in [6.45, 7) is 4.16. The normalized spacial score (nSPS) is 14.0. The SMILES string of the molecule is Cc1cccc(CCOC(=O)C2(C(=O)OCCc3cccc(C)c3)OC=CO2)c1. The molecule has 0 bridgehead atoms. The molecule has 0 radical (unpaired) electrons. The van der Waals surface area contributed by atoms with Crippen molar-refractivity contribution in [2.45, 2.75) is 32.5 Å². The molecule has 0 aromatic heterocycles. The Hall–Kier alpha value is -3.28. The second-order valence-electron chi connectivity index (χ2n) is 6.87. The minimum Gasteiger partial charge on any atom is -0.459 e. The zero-order valence-corrected chi connectivity index (χ0v) is 16.6. The topological polar surface area (TPSA) is 71.1 Å². The van der Waals surface area contributed by atoms with E-state index in [0.717, 1.165) is 34.8 Å². The highest BCUT2D eigenvalue weighted by molar-refractivity contribution is 6.02. The van der Waals surface area contributed by atoms with Gasteiger partial charge in [0.25, 0.3) is 0 Å². The number of carbonyl (C=O) groups excluding carboxylic acids is 2. The van der Waals surface area contributed by atoms with Crippen molar-refractivity contribution in [3.05, 3.63) is 83.3 Å².